The van der Waals surface area contributed by atoms with Crippen LogP contribution in [0.3, 0.4) is 0 Å². The Morgan fingerprint density at radius 1 is 1.26 bits per heavy atom. The van der Waals surface area contributed by atoms with Crippen molar-refractivity contribution in [3.63, 3.8) is 0 Å². The molecular weight excluding hydrogens is 296 g/mol. The maximum absolute atomic E-state index is 12.4. The van der Waals surface area contributed by atoms with Gasteiger partial charge in [0.05, 0.1) is 7.11 Å². The minimum absolute atomic E-state index is 0.146. The number of benzene rings is 1. The van der Waals surface area contributed by atoms with E-state index >= 15 is 0 Å². The predicted octanol–water partition coefficient (Wildman–Crippen LogP) is 1.39. The normalized spacial score (nSPS) is 17.4. The number of methoxy groups -OCH3 is 1. The first kappa shape index (κ1) is 17.0. The summed E-state index contributed by atoms with van der Waals surface area (Å²) in [5.41, 5.74) is 0.991. The Kier molecular flexibility index (Phi) is 6.14. The molecule has 0 aromatic heterocycles. The van der Waals surface area contributed by atoms with Gasteiger partial charge in [-0.15, -0.1) is 0 Å². The van der Waals surface area contributed by atoms with E-state index in [-0.39, 0.29) is 24.3 Å². The van der Waals surface area contributed by atoms with Crippen LogP contribution < -0.4 is 5.32 Å². The third-order valence-corrected chi connectivity index (χ3v) is 4.00. The van der Waals surface area contributed by atoms with E-state index in [0.29, 0.717) is 19.5 Å². The van der Waals surface area contributed by atoms with Crippen molar-refractivity contribution in [1.29, 1.82) is 0 Å². The summed E-state index contributed by atoms with van der Waals surface area (Å²) in [6.45, 7) is 0.843. The van der Waals surface area contributed by atoms with Gasteiger partial charge in [0.2, 0.25) is 0 Å². The van der Waals surface area contributed by atoms with Crippen LogP contribution in [0.5, 0.6) is 0 Å². The molecule has 1 aliphatic heterocycles. The topological polar surface area (TPSA) is 75.7 Å². The lowest BCUT2D eigenvalue weighted by Crippen LogP contribution is -2.48. The molecule has 1 aromatic carbocycles. The maximum atomic E-state index is 12.4. The van der Waals surface area contributed by atoms with Crippen LogP contribution in [0.1, 0.15) is 18.4 Å². The molecule has 1 aliphatic rings. The van der Waals surface area contributed by atoms with Gasteiger partial charge < -0.3 is 15.0 Å². The molecular formula is C17H22N2O4. The van der Waals surface area contributed by atoms with Gasteiger partial charge >= 0.3 is 12.0 Å². The summed E-state index contributed by atoms with van der Waals surface area (Å²) in [6, 6.07) is 9.28. The first-order valence-electron chi connectivity index (χ1n) is 7.76. The molecule has 2 rings (SSSR count). The molecule has 0 aliphatic carbocycles. The second kappa shape index (κ2) is 8.31. The largest absolute Gasteiger partial charge is 0.468 e. The summed E-state index contributed by atoms with van der Waals surface area (Å²) >= 11 is 0. The van der Waals surface area contributed by atoms with Crippen molar-refractivity contribution in [1.82, 2.24) is 10.2 Å². The van der Waals surface area contributed by atoms with Gasteiger partial charge in [-0.1, -0.05) is 30.3 Å². The number of hydrogen-bond acceptors (Lipinski definition) is 4. The molecule has 6 nitrogen and oxygen atoms in total. The SMILES string of the molecule is COC(=O)CNC(=O)N1CCC[C@@H](C(=O)Cc2ccccc2)C1. The van der Waals surface area contributed by atoms with Crippen molar-refractivity contribution < 1.29 is 19.1 Å². The molecule has 0 saturated carbocycles. The number of urea groups is 1. The van der Waals surface area contributed by atoms with Crippen LogP contribution in [0.4, 0.5) is 4.79 Å². The number of amides is 2. The van der Waals surface area contributed by atoms with Gasteiger partial charge in [0, 0.05) is 25.4 Å². The van der Waals surface area contributed by atoms with E-state index < -0.39 is 5.97 Å². The Balaban J connectivity index is 1.86. The zero-order valence-electron chi connectivity index (χ0n) is 13.3. The number of esters is 1. The Bertz CT molecular complexity index is 559. The zero-order valence-corrected chi connectivity index (χ0v) is 13.3. The van der Waals surface area contributed by atoms with Crippen molar-refractivity contribution in [3.8, 4) is 0 Å². The molecule has 0 spiro atoms. The second-order valence-corrected chi connectivity index (χ2v) is 5.65. The van der Waals surface area contributed by atoms with E-state index in [1.54, 1.807) is 4.90 Å². The molecule has 1 fully saturated rings. The quantitative estimate of drug-likeness (QED) is 0.833. The average Bonchev–Trinajstić information content (AvgIpc) is 2.60. The van der Waals surface area contributed by atoms with Crippen molar-refractivity contribution in [2.75, 3.05) is 26.7 Å². The third-order valence-electron chi connectivity index (χ3n) is 4.00. The lowest BCUT2D eigenvalue weighted by atomic mass is 9.90. The first-order valence-corrected chi connectivity index (χ1v) is 7.76. The fourth-order valence-corrected chi connectivity index (χ4v) is 2.70. The number of ketones is 1. The van der Waals surface area contributed by atoms with Crippen LogP contribution in [-0.2, 0) is 20.7 Å². The molecule has 0 radical (unpaired) electrons. The Morgan fingerprint density at radius 3 is 2.70 bits per heavy atom. The maximum Gasteiger partial charge on any atom is 0.325 e. The van der Waals surface area contributed by atoms with Gasteiger partial charge in [-0.3, -0.25) is 9.59 Å². The summed E-state index contributed by atoms with van der Waals surface area (Å²) < 4.78 is 4.49. The highest BCUT2D eigenvalue weighted by Crippen LogP contribution is 2.19. The summed E-state index contributed by atoms with van der Waals surface area (Å²) in [7, 11) is 1.27. The first-order chi connectivity index (χ1) is 11.1. The van der Waals surface area contributed by atoms with Gasteiger partial charge in [-0.05, 0) is 18.4 Å². The van der Waals surface area contributed by atoms with Crippen LogP contribution in [0.25, 0.3) is 0 Å². The smallest absolute Gasteiger partial charge is 0.325 e. The van der Waals surface area contributed by atoms with Crippen molar-refractivity contribution in [2.24, 2.45) is 5.92 Å². The number of carbonyl (C=O) groups is 3. The number of nitrogens with zero attached hydrogens (tertiary/aromatic N) is 1. The molecule has 1 atom stereocenters. The number of piperidine rings is 1. The molecule has 2 amide bonds. The molecule has 0 unspecified atom stereocenters. The molecule has 6 heteroatoms. The van der Waals surface area contributed by atoms with E-state index in [9.17, 15) is 14.4 Å². The van der Waals surface area contributed by atoms with Crippen molar-refractivity contribution in [3.05, 3.63) is 35.9 Å². The average molecular weight is 318 g/mol. The zero-order chi connectivity index (χ0) is 16.7. The van der Waals surface area contributed by atoms with Crippen molar-refractivity contribution in [2.45, 2.75) is 19.3 Å². The fourth-order valence-electron chi connectivity index (χ4n) is 2.70. The Labute approximate surface area is 135 Å². The van der Waals surface area contributed by atoms with E-state index in [2.05, 4.69) is 10.1 Å². The standard InChI is InChI=1S/C17H22N2O4/c1-23-16(21)11-18-17(22)19-9-5-8-14(12-19)15(20)10-13-6-3-2-4-7-13/h2-4,6-7,14H,5,8-12H2,1H3,(H,18,22)/t14-/m1/s1. The molecule has 1 heterocycles. The van der Waals surface area contributed by atoms with Gasteiger partial charge in [0.15, 0.2) is 0 Å². The van der Waals surface area contributed by atoms with Crippen molar-refractivity contribution >= 4 is 17.8 Å². The summed E-state index contributed by atoms with van der Waals surface area (Å²) in [4.78, 5) is 37.1. The highest BCUT2D eigenvalue weighted by Gasteiger charge is 2.28. The van der Waals surface area contributed by atoms with E-state index in [1.165, 1.54) is 7.11 Å². The van der Waals surface area contributed by atoms with Crippen LogP contribution in [0, 0.1) is 5.92 Å². The summed E-state index contributed by atoms with van der Waals surface area (Å²) in [6.07, 6.45) is 1.98. The van der Waals surface area contributed by atoms with E-state index in [4.69, 9.17) is 0 Å². The lowest BCUT2D eigenvalue weighted by molar-refractivity contribution is -0.139. The summed E-state index contributed by atoms with van der Waals surface area (Å²) in [5, 5.41) is 2.51. The molecule has 23 heavy (non-hydrogen) atoms. The molecule has 1 N–H and O–H groups in total. The number of ether oxygens (including phenoxy) is 1. The van der Waals surface area contributed by atoms with Crippen LogP contribution in [-0.4, -0.2) is 49.4 Å². The summed E-state index contributed by atoms with van der Waals surface area (Å²) in [5.74, 6) is -0.485. The minimum Gasteiger partial charge on any atom is -0.468 e. The van der Waals surface area contributed by atoms with Crippen LogP contribution >= 0.6 is 0 Å². The molecule has 124 valence electrons. The monoisotopic (exact) mass is 318 g/mol. The highest BCUT2D eigenvalue weighted by molar-refractivity contribution is 5.85. The molecule has 0 bridgehead atoms. The van der Waals surface area contributed by atoms with Gasteiger partial charge in [0.25, 0.3) is 0 Å². The van der Waals surface area contributed by atoms with Crippen LogP contribution in [0.15, 0.2) is 30.3 Å². The van der Waals surface area contributed by atoms with Crippen LogP contribution in [0.2, 0.25) is 0 Å². The number of hydrogen-bond donors (Lipinski definition) is 1. The Hall–Kier alpha value is -2.37. The third kappa shape index (κ3) is 5.09. The lowest BCUT2D eigenvalue weighted by Gasteiger charge is -2.32. The number of nitrogens with one attached hydrogen (secondary N) is 1. The van der Waals surface area contributed by atoms with E-state index in [0.717, 1.165) is 18.4 Å². The number of Topliss-reactive ketones (excluding diaryl/α,β-unsaturated/α-hetero) is 1. The Morgan fingerprint density at radius 2 is 2.00 bits per heavy atom. The fraction of sp³-hybridized carbons (Fsp3) is 0.471. The molecule has 1 saturated heterocycles. The number of rotatable bonds is 5. The number of likely N-dealkylation sites (tertiary alicyclic amines) is 1. The predicted molar refractivity (Wildman–Crippen MR) is 84.9 cm³/mol. The highest BCUT2D eigenvalue weighted by atomic mass is 16.5. The second-order valence-electron chi connectivity index (χ2n) is 5.65. The van der Waals surface area contributed by atoms with E-state index in [1.807, 2.05) is 30.3 Å². The van der Waals surface area contributed by atoms with Gasteiger partial charge in [0.1, 0.15) is 12.3 Å². The van der Waals surface area contributed by atoms with Gasteiger partial charge in [-0.2, -0.15) is 0 Å². The minimum atomic E-state index is -0.493. The van der Waals surface area contributed by atoms with Gasteiger partial charge in [-0.25, -0.2) is 4.79 Å². The molecule has 1 aromatic rings. The number of carbonyl (C=O) groups excluding carboxylic acids is 3.